The van der Waals surface area contributed by atoms with Crippen molar-refractivity contribution in [3.63, 3.8) is 0 Å². The largest absolute Gasteiger partial charge is 0.435 e. The number of nitrogens with one attached hydrogen (secondary N) is 2. The molecular formula is C13H10ClF3N4O2. The van der Waals surface area contributed by atoms with Gasteiger partial charge in [-0.15, -0.1) is 0 Å². The number of hydrazine groups is 1. The molecule has 0 aliphatic rings. The fourth-order valence-electron chi connectivity index (χ4n) is 1.63. The van der Waals surface area contributed by atoms with Crippen molar-refractivity contribution in [2.75, 3.05) is 0 Å². The zero-order valence-electron chi connectivity index (χ0n) is 11.4. The third-order valence-corrected chi connectivity index (χ3v) is 3.00. The first-order valence-corrected chi connectivity index (χ1v) is 6.59. The van der Waals surface area contributed by atoms with Crippen LogP contribution in [0, 0.1) is 0 Å². The lowest BCUT2D eigenvalue weighted by atomic mass is 10.2. The van der Waals surface area contributed by atoms with Crippen molar-refractivity contribution >= 4 is 23.4 Å². The fourth-order valence-corrected chi connectivity index (χ4v) is 1.85. The summed E-state index contributed by atoms with van der Waals surface area (Å²) in [7, 11) is 0. The number of halogens is 4. The van der Waals surface area contributed by atoms with Crippen LogP contribution in [0.3, 0.4) is 0 Å². The minimum absolute atomic E-state index is 0.146. The van der Waals surface area contributed by atoms with E-state index in [0.717, 1.165) is 16.9 Å². The molecule has 0 unspecified atom stereocenters. The average Bonchev–Trinajstić information content (AvgIpc) is 2.94. The Bertz CT molecular complexity index is 730. The highest BCUT2D eigenvalue weighted by Gasteiger charge is 2.33. The number of benzene rings is 1. The molecule has 0 aliphatic heterocycles. The van der Waals surface area contributed by atoms with E-state index in [1.54, 1.807) is 12.1 Å². The topological polar surface area (TPSA) is 76.0 Å². The second-order valence-corrected chi connectivity index (χ2v) is 4.79. The fraction of sp³-hybridized carbons (Fsp3) is 0.154. The van der Waals surface area contributed by atoms with E-state index in [1.807, 2.05) is 0 Å². The molecule has 1 heterocycles. The number of hydrogen-bond donors (Lipinski definition) is 2. The number of carbonyl (C=O) groups is 2. The molecule has 0 saturated carbocycles. The molecule has 2 N–H and O–H groups in total. The summed E-state index contributed by atoms with van der Waals surface area (Å²) < 4.78 is 37.9. The van der Waals surface area contributed by atoms with Crippen LogP contribution in [0.4, 0.5) is 13.2 Å². The van der Waals surface area contributed by atoms with Gasteiger partial charge in [-0.1, -0.05) is 23.7 Å². The molecular weight excluding hydrogens is 337 g/mol. The Hall–Kier alpha value is -2.55. The van der Waals surface area contributed by atoms with E-state index in [4.69, 9.17) is 11.6 Å². The van der Waals surface area contributed by atoms with Gasteiger partial charge in [0.15, 0.2) is 5.69 Å². The normalized spacial score (nSPS) is 11.1. The Labute approximate surface area is 133 Å². The van der Waals surface area contributed by atoms with E-state index in [9.17, 15) is 22.8 Å². The maximum Gasteiger partial charge on any atom is 0.435 e. The highest BCUT2D eigenvalue weighted by atomic mass is 35.5. The van der Waals surface area contributed by atoms with Gasteiger partial charge >= 0.3 is 6.18 Å². The van der Waals surface area contributed by atoms with Crippen LogP contribution >= 0.6 is 11.6 Å². The molecule has 10 heteroatoms. The first kappa shape index (κ1) is 16.8. The monoisotopic (exact) mass is 346 g/mol. The summed E-state index contributed by atoms with van der Waals surface area (Å²) in [5.41, 5.74) is 3.22. The molecule has 0 saturated heterocycles. The number of alkyl halides is 3. The summed E-state index contributed by atoms with van der Waals surface area (Å²) >= 11 is 5.82. The van der Waals surface area contributed by atoms with Gasteiger partial charge < -0.3 is 0 Å². The van der Waals surface area contributed by atoms with Gasteiger partial charge in [-0.25, -0.2) is 0 Å². The summed E-state index contributed by atoms with van der Waals surface area (Å²) in [4.78, 5) is 23.4. The number of rotatable bonds is 3. The quantitative estimate of drug-likeness (QED) is 0.835. The van der Waals surface area contributed by atoms with E-state index in [1.165, 1.54) is 12.1 Å². The molecule has 23 heavy (non-hydrogen) atoms. The molecule has 0 fully saturated rings. The molecule has 0 bridgehead atoms. The van der Waals surface area contributed by atoms with Crippen LogP contribution in [-0.4, -0.2) is 21.6 Å². The van der Waals surface area contributed by atoms with E-state index < -0.39 is 30.2 Å². The highest BCUT2D eigenvalue weighted by Crippen LogP contribution is 2.27. The molecule has 122 valence electrons. The summed E-state index contributed by atoms with van der Waals surface area (Å²) in [5.74, 6) is -1.40. The zero-order chi connectivity index (χ0) is 17.0. The number of hydrogen-bond acceptors (Lipinski definition) is 3. The Morgan fingerprint density at radius 2 is 1.87 bits per heavy atom. The maximum atomic E-state index is 12.4. The Morgan fingerprint density at radius 1 is 1.17 bits per heavy atom. The van der Waals surface area contributed by atoms with Gasteiger partial charge in [0.2, 0.25) is 0 Å². The lowest BCUT2D eigenvalue weighted by Gasteiger charge is -2.08. The molecule has 1 aromatic carbocycles. The predicted octanol–water partition coefficient (Wildman–Crippen LogP) is 2.02. The third kappa shape index (κ3) is 4.46. The van der Waals surface area contributed by atoms with E-state index in [-0.39, 0.29) is 10.6 Å². The molecule has 0 radical (unpaired) electrons. The van der Waals surface area contributed by atoms with E-state index in [2.05, 4.69) is 16.0 Å². The van der Waals surface area contributed by atoms with Crippen molar-refractivity contribution in [2.45, 2.75) is 12.7 Å². The van der Waals surface area contributed by atoms with Crippen LogP contribution in [0.2, 0.25) is 5.02 Å². The van der Waals surface area contributed by atoms with Crippen molar-refractivity contribution in [2.24, 2.45) is 0 Å². The first-order valence-electron chi connectivity index (χ1n) is 6.22. The standard InChI is InChI=1S/C13H10ClF3N4O2/c14-9-4-2-1-3-8(9)12(23)19-18-11(22)7-21-6-5-10(20-21)13(15,16)17/h1-6H,7H2,(H,18,22)(H,19,23). The lowest BCUT2D eigenvalue weighted by Crippen LogP contribution is -2.43. The summed E-state index contributed by atoms with van der Waals surface area (Å²) in [5, 5.41) is 3.41. The van der Waals surface area contributed by atoms with Gasteiger partial charge in [0.25, 0.3) is 11.8 Å². The van der Waals surface area contributed by atoms with Gasteiger partial charge in [-0.3, -0.25) is 25.1 Å². The van der Waals surface area contributed by atoms with Crippen molar-refractivity contribution < 1.29 is 22.8 Å². The van der Waals surface area contributed by atoms with Gasteiger partial charge in [0, 0.05) is 6.20 Å². The maximum absolute atomic E-state index is 12.4. The van der Waals surface area contributed by atoms with Crippen LogP contribution in [0.25, 0.3) is 0 Å². The predicted molar refractivity (Wildman–Crippen MR) is 74.3 cm³/mol. The van der Waals surface area contributed by atoms with Crippen LogP contribution in [0.5, 0.6) is 0 Å². The second-order valence-electron chi connectivity index (χ2n) is 4.38. The number of aromatic nitrogens is 2. The highest BCUT2D eigenvalue weighted by molar-refractivity contribution is 6.33. The molecule has 2 aromatic rings. The van der Waals surface area contributed by atoms with Crippen LogP contribution in [-0.2, 0) is 17.5 Å². The summed E-state index contributed by atoms with van der Waals surface area (Å²) in [6.07, 6.45) is -3.57. The first-order chi connectivity index (χ1) is 10.8. The molecule has 0 atom stereocenters. The molecule has 1 aromatic heterocycles. The number of amides is 2. The van der Waals surface area contributed by atoms with Crippen LogP contribution < -0.4 is 10.9 Å². The van der Waals surface area contributed by atoms with Crippen molar-refractivity contribution in [3.8, 4) is 0 Å². The minimum Gasteiger partial charge on any atom is -0.271 e. The number of carbonyl (C=O) groups excluding carboxylic acids is 2. The molecule has 6 nitrogen and oxygen atoms in total. The third-order valence-electron chi connectivity index (χ3n) is 2.67. The minimum atomic E-state index is -4.58. The SMILES string of the molecule is O=C(Cn1ccc(C(F)(F)F)n1)NNC(=O)c1ccccc1Cl. The van der Waals surface area contributed by atoms with Gasteiger partial charge in [0.05, 0.1) is 10.6 Å². The second kappa shape index (κ2) is 6.69. The molecule has 2 rings (SSSR count). The average molecular weight is 347 g/mol. The van der Waals surface area contributed by atoms with Crippen LogP contribution in [0.1, 0.15) is 16.1 Å². The summed E-state index contributed by atoms with van der Waals surface area (Å²) in [6, 6.07) is 6.92. The van der Waals surface area contributed by atoms with Gasteiger partial charge in [-0.2, -0.15) is 18.3 Å². The van der Waals surface area contributed by atoms with Gasteiger partial charge in [0.1, 0.15) is 6.54 Å². The van der Waals surface area contributed by atoms with Crippen molar-refractivity contribution in [1.82, 2.24) is 20.6 Å². The van der Waals surface area contributed by atoms with Crippen molar-refractivity contribution in [1.29, 1.82) is 0 Å². The lowest BCUT2D eigenvalue weighted by molar-refractivity contribution is -0.141. The summed E-state index contributed by atoms with van der Waals surface area (Å²) in [6.45, 7) is -0.487. The van der Waals surface area contributed by atoms with E-state index in [0.29, 0.717) is 0 Å². The number of nitrogens with zero attached hydrogens (tertiary/aromatic N) is 2. The molecule has 2 amide bonds. The Morgan fingerprint density at radius 3 is 2.48 bits per heavy atom. The zero-order valence-corrected chi connectivity index (χ0v) is 12.1. The smallest absolute Gasteiger partial charge is 0.271 e. The van der Waals surface area contributed by atoms with E-state index >= 15 is 0 Å². The van der Waals surface area contributed by atoms with Crippen LogP contribution in [0.15, 0.2) is 36.5 Å². The Balaban J connectivity index is 1.89. The Kier molecular flexibility index (Phi) is 4.89. The van der Waals surface area contributed by atoms with Crippen molar-refractivity contribution in [3.05, 3.63) is 52.8 Å². The molecule has 0 aliphatic carbocycles. The van der Waals surface area contributed by atoms with Gasteiger partial charge in [-0.05, 0) is 18.2 Å². The molecule has 0 spiro atoms.